The molecule has 1 atom stereocenters. The maximum absolute atomic E-state index is 11.6. The highest BCUT2D eigenvalue weighted by molar-refractivity contribution is 7.86. The molecule has 0 aliphatic carbocycles. The van der Waals surface area contributed by atoms with Crippen molar-refractivity contribution in [1.82, 2.24) is 0 Å². The van der Waals surface area contributed by atoms with Crippen LogP contribution in [0.2, 0.25) is 0 Å². The van der Waals surface area contributed by atoms with E-state index in [4.69, 9.17) is 18.4 Å². The average Bonchev–Trinajstić information content (AvgIpc) is 2.47. The SMILES string of the molecule is COc1ccc(C(OC)(OC)C(OS(C)(=O)=O)C(C)C)cc1. The second kappa shape index (κ2) is 7.41. The van der Waals surface area contributed by atoms with Gasteiger partial charge in [0.1, 0.15) is 11.9 Å². The topological polar surface area (TPSA) is 71.1 Å². The van der Waals surface area contributed by atoms with Crippen molar-refractivity contribution < 1.29 is 26.8 Å². The average molecular weight is 332 g/mol. The minimum absolute atomic E-state index is 0.170. The smallest absolute Gasteiger partial charge is 0.264 e. The third-order valence-electron chi connectivity index (χ3n) is 3.36. The lowest BCUT2D eigenvalue weighted by atomic mass is 9.92. The lowest BCUT2D eigenvalue weighted by molar-refractivity contribution is -0.270. The van der Waals surface area contributed by atoms with Crippen LogP contribution in [0.3, 0.4) is 0 Å². The summed E-state index contributed by atoms with van der Waals surface area (Å²) in [5, 5.41) is 0. The van der Waals surface area contributed by atoms with Crippen LogP contribution in [-0.2, 0) is 29.6 Å². The molecule has 6 nitrogen and oxygen atoms in total. The zero-order chi connectivity index (χ0) is 17.0. The van der Waals surface area contributed by atoms with Crippen LogP contribution in [0.25, 0.3) is 0 Å². The molecule has 0 saturated carbocycles. The Labute approximate surface area is 132 Å². The third kappa shape index (κ3) is 4.19. The van der Waals surface area contributed by atoms with Crippen molar-refractivity contribution in [3.8, 4) is 5.75 Å². The van der Waals surface area contributed by atoms with Gasteiger partial charge in [-0.1, -0.05) is 13.8 Å². The van der Waals surface area contributed by atoms with Crippen molar-refractivity contribution >= 4 is 10.1 Å². The van der Waals surface area contributed by atoms with Crippen LogP contribution >= 0.6 is 0 Å². The predicted octanol–water partition coefficient (Wildman–Crippen LogP) is 2.14. The molecule has 1 aromatic carbocycles. The summed E-state index contributed by atoms with van der Waals surface area (Å²) in [5.41, 5.74) is 0.639. The molecule has 0 bridgehead atoms. The molecule has 0 aliphatic rings. The molecule has 0 radical (unpaired) electrons. The summed E-state index contributed by atoms with van der Waals surface area (Å²) >= 11 is 0. The molecule has 0 aromatic heterocycles. The molecule has 0 amide bonds. The van der Waals surface area contributed by atoms with E-state index in [1.165, 1.54) is 14.2 Å². The molecule has 0 fully saturated rings. The second-order valence-corrected chi connectivity index (χ2v) is 6.87. The van der Waals surface area contributed by atoms with Gasteiger partial charge in [0.25, 0.3) is 10.1 Å². The van der Waals surface area contributed by atoms with Crippen LogP contribution in [-0.4, -0.2) is 42.1 Å². The molecule has 22 heavy (non-hydrogen) atoms. The summed E-state index contributed by atoms with van der Waals surface area (Å²) < 4.78 is 44.7. The fourth-order valence-electron chi connectivity index (χ4n) is 2.34. The minimum atomic E-state index is -3.68. The lowest BCUT2D eigenvalue weighted by Crippen LogP contribution is -2.48. The highest BCUT2D eigenvalue weighted by Gasteiger charge is 2.46. The maximum Gasteiger partial charge on any atom is 0.264 e. The molecule has 1 unspecified atom stereocenters. The van der Waals surface area contributed by atoms with E-state index in [0.717, 1.165) is 6.26 Å². The van der Waals surface area contributed by atoms with Crippen molar-refractivity contribution in [2.24, 2.45) is 5.92 Å². The Morgan fingerprint density at radius 1 is 1.00 bits per heavy atom. The van der Waals surface area contributed by atoms with Crippen LogP contribution in [0.1, 0.15) is 19.4 Å². The second-order valence-electron chi connectivity index (χ2n) is 5.27. The normalized spacial score (nSPS) is 14.1. The van der Waals surface area contributed by atoms with Crippen molar-refractivity contribution in [1.29, 1.82) is 0 Å². The summed E-state index contributed by atoms with van der Waals surface area (Å²) in [7, 11) is 0.797. The van der Waals surface area contributed by atoms with Crippen molar-refractivity contribution in [3.05, 3.63) is 29.8 Å². The van der Waals surface area contributed by atoms with Gasteiger partial charge in [0.2, 0.25) is 5.79 Å². The number of rotatable bonds is 8. The van der Waals surface area contributed by atoms with Gasteiger partial charge in [-0.3, -0.25) is 4.18 Å². The van der Waals surface area contributed by atoms with Gasteiger partial charge in [0.15, 0.2) is 0 Å². The van der Waals surface area contributed by atoms with Crippen LogP contribution in [0.5, 0.6) is 5.75 Å². The maximum atomic E-state index is 11.6. The van der Waals surface area contributed by atoms with Gasteiger partial charge < -0.3 is 14.2 Å². The van der Waals surface area contributed by atoms with Gasteiger partial charge in [0.05, 0.1) is 13.4 Å². The van der Waals surface area contributed by atoms with E-state index in [1.54, 1.807) is 31.4 Å². The van der Waals surface area contributed by atoms with E-state index in [0.29, 0.717) is 11.3 Å². The van der Waals surface area contributed by atoms with Crippen molar-refractivity contribution in [2.45, 2.75) is 25.7 Å². The summed E-state index contributed by atoms with van der Waals surface area (Å²) in [6, 6.07) is 7.01. The first-order valence-corrected chi connectivity index (χ1v) is 8.65. The van der Waals surface area contributed by atoms with E-state index in [1.807, 2.05) is 13.8 Å². The number of methoxy groups -OCH3 is 3. The van der Waals surface area contributed by atoms with Crippen LogP contribution in [0.4, 0.5) is 0 Å². The Hall–Kier alpha value is -1.15. The molecular formula is C15H24O6S. The molecule has 7 heteroatoms. The number of ether oxygens (including phenoxy) is 3. The van der Waals surface area contributed by atoms with E-state index >= 15 is 0 Å². The van der Waals surface area contributed by atoms with Crippen LogP contribution in [0.15, 0.2) is 24.3 Å². The first-order chi connectivity index (χ1) is 10.2. The van der Waals surface area contributed by atoms with E-state index in [2.05, 4.69) is 0 Å². The molecule has 0 aliphatic heterocycles. The molecule has 1 aromatic rings. The molecular weight excluding hydrogens is 308 g/mol. The van der Waals surface area contributed by atoms with E-state index in [9.17, 15) is 8.42 Å². The summed E-state index contributed by atoms with van der Waals surface area (Å²) in [6.07, 6.45) is 0.165. The fraction of sp³-hybridized carbons (Fsp3) is 0.600. The van der Waals surface area contributed by atoms with Crippen LogP contribution in [0, 0.1) is 5.92 Å². The molecule has 0 spiro atoms. The third-order valence-corrected chi connectivity index (χ3v) is 3.91. The number of hydrogen-bond donors (Lipinski definition) is 0. The van der Waals surface area contributed by atoms with E-state index in [-0.39, 0.29) is 5.92 Å². The zero-order valence-corrected chi connectivity index (χ0v) is 14.6. The summed E-state index contributed by atoms with van der Waals surface area (Å²) in [4.78, 5) is 0. The van der Waals surface area contributed by atoms with Gasteiger partial charge in [-0.2, -0.15) is 8.42 Å². The quantitative estimate of drug-likeness (QED) is 0.536. The Balaban J connectivity index is 3.36. The summed E-state index contributed by atoms with van der Waals surface area (Å²) in [5.74, 6) is -0.838. The highest BCUT2D eigenvalue weighted by atomic mass is 32.2. The Morgan fingerprint density at radius 2 is 1.50 bits per heavy atom. The van der Waals surface area contributed by atoms with Gasteiger partial charge >= 0.3 is 0 Å². The molecule has 0 saturated heterocycles. The van der Waals surface area contributed by atoms with E-state index < -0.39 is 22.0 Å². The van der Waals surface area contributed by atoms with Gasteiger partial charge in [-0.15, -0.1) is 0 Å². The zero-order valence-electron chi connectivity index (χ0n) is 13.8. The standard InChI is InChI=1S/C15H24O6S/c1-11(2)14(21-22(6,16)17)15(19-4,20-5)12-7-9-13(18-3)10-8-12/h7-11,14H,1-6H3. The van der Waals surface area contributed by atoms with Gasteiger partial charge in [0, 0.05) is 19.8 Å². The van der Waals surface area contributed by atoms with Gasteiger partial charge in [-0.05, 0) is 30.2 Å². The Bertz CT molecular complexity index is 560. The number of benzene rings is 1. The lowest BCUT2D eigenvalue weighted by Gasteiger charge is -2.39. The molecule has 0 heterocycles. The Morgan fingerprint density at radius 3 is 1.82 bits per heavy atom. The Kier molecular flexibility index (Phi) is 6.37. The van der Waals surface area contributed by atoms with Crippen molar-refractivity contribution in [2.75, 3.05) is 27.6 Å². The molecule has 0 N–H and O–H groups in total. The fourth-order valence-corrected chi connectivity index (χ4v) is 3.07. The monoisotopic (exact) mass is 332 g/mol. The first kappa shape index (κ1) is 18.9. The van der Waals surface area contributed by atoms with Crippen molar-refractivity contribution in [3.63, 3.8) is 0 Å². The minimum Gasteiger partial charge on any atom is -0.497 e. The van der Waals surface area contributed by atoms with Gasteiger partial charge in [-0.25, -0.2) is 0 Å². The largest absolute Gasteiger partial charge is 0.497 e. The molecule has 1 rings (SSSR count). The first-order valence-electron chi connectivity index (χ1n) is 6.83. The van der Waals surface area contributed by atoms with Crippen LogP contribution < -0.4 is 4.74 Å². The predicted molar refractivity (Wildman–Crippen MR) is 83.2 cm³/mol. The molecule has 126 valence electrons. The summed E-state index contributed by atoms with van der Waals surface area (Å²) in [6.45, 7) is 3.68. The number of hydrogen-bond acceptors (Lipinski definition) is 6. The highest BCUT2D eigenvalue weighted by Crippen LogP contribution is 2.37.